The number of hydrogen-bond acceptors (Lipinski definition) is 2. The van der Waals surface area contributed by atoms with Crippen LogP contribution in [0.15, 0.2) is 48.3 Å². The number of benzene rings is 1. The third kappa shape index (κ3) is 1.86. The summed E-state index contributed by atoms with van der Waals surface area (Å²) in [6, 6.07) is 9.85. The predicted molar refractivity (Wildman–Crippen MR) is 71.4 cm³/mol. The van der Waals surface area contributed by atoms with Gasteiger partial charge in [0.15, 0.2) is 5.78 Å². The van der Waals surface area contributed by atoms with Gasteiger partial charge in [0.2, 0.25) is 0 Å². The molecule has 88 valence electrons. The summed E-state index contributed by atoms with van der Waals surface area (Å²) >= 11 is 0. The van der Waals surface area contributed by atoms with Gasteiger partial charge in [-0.15, -0.1) is 0 Å². The van der Waals surface area contributed by atoms with E-state index in [0.29, 0.717) is 0 Å². The maximum Gasteiger partial charge on any atom is 0.189 e. The number of carbonyl (C=O) groups excluding carboxylic acids is 1. The minimum Gasteiger partial charge on any atom is -0.289 e. The van der Waals surface area contributed by atoms with E-state index in [1.54, 1.807) is 12.4 Å². The van der Waals surface area contributed by atoms with Gasteiger partial charge in [-0.25, -0.2) is 0 Å². The molecule has 1 aliphatic rings. The molecule has 0 saturated carbocycles. The molecular weight excluding hydrogens is 222 g/mol. The number of allylic oxidation sites excluding steroid dienone is 1. The van der Waals surface area contributed by atoms with Crippen LogP contribution in [0.3, 0.4) is 0 Å². The summed E-state index contributed by atoms with van der Waals surface area (Å²) in [6.07, 6.45) is 6.17. The van der Waals surface area contributed by atoms with Gasteiger partial charge in [0.1, 0.15) is 0 Å². The van der Waals surface area contributed by atoms with E-state index in [1.807, 2.05) is 37.3 Å². The van der Waals surface area contributed by atoms with Crippen LogP contribution in [0.25, 0.3) is 6.08 Å². The Balaban J connectivity index is 2.00. The van der Waals surface area contributed by atoms with Crippen molar-refractivity contribution in [2.75, 3.05) is 0 Å². The molecule has 1 aromatic carbocycles. The van der Waals surface area contributed by atoms with Gasteiger partial charge >= 0.3 is 0 Å². The molecule has 0 amide bonds. The number of nitrogens with zero attached hydrogens (tertiary/aromatic N) is 1. The van der Waals surface area contributed by atoms with Crippen LogP contribution >= 0.6 is 0 Å². The fourth-order valence-electron chi connectivity index (χ4n) is 2.33. The highest BCUT2D eigenvalue weighted by Gasteiger charge is 2.24. The molecule has 0 bridgehead atoms. The molecule has 0 unspecified atom stereocenters. The molecule has 2 heteroatoms. The molecule has 0 spiro atoms. The lowest BCUT2D eigenvalue weighted by Gasteiger charge is -1.96. The van der Waals surface area contributed by atoms with Crippen molar-refractivity contribution in [1.29, 1.82) is 0 Å². The first kappa shape index (κ1) is 10.9. The van der Waals surface area contributed by atoms with E-state index in [0.717, 1.165) is 28.7 Å². The van der Waals surface area contributed by atoms with Gasteiger partial charge in [-0.2, -0.15) is 0 Å². The Morgan fingerprint density at radius 1 is 1.28 bits per heavy atom. The maximum atomic E-state index is 12.2. The Bertz CT molecular complexity index is 641. The first-order valence-corrected chi connectivity index (χ1v) is 5.99. The molecule has 2 nitrogen and oxygen atoms in total. The van der Waals surface area contributed by atoms with Crippen LogP contribution in [0.2, 0.25) is 0 Å². The highest BCUT2D eigenvalue weighted by Crippen LogP contribution is 2.28. The SMILES string of the molecule is Cc1ccc2c(c1)CC(=Cc1cccnc1)C2=O. The Morgan fingerprint density at radius 2 is 2.17 bits per heavy atom. The van der Waals surface area contributed by atoms with E-state index in [-0.39, 0.29) is 5.78 Å². The summed E-state index contributed by atoms with van der Waals surface area (Å²) in [7, 11) is 0. The van der Waals surface area contributed by atoms with Crippen molar-refractivity contribution < 1.29 is 4.79 Å². The Kier molecular flexibility index (Phi) is 2.56. The second-order valence-electron chi connectivity index (χ2n) is 4.62. The van der Waals surface area contributed by atoms with Crippen LogP contribution in [0.4, 0.5) is 0 Å². The number of rotatable bonds is 1. The van der Waals surface area contributed by atoms with E-state index in [4.69, 9.17) is 0 Å². The smallest absolute Gasteiger partial charge is 0.189 e. The minimum absolute atomic E-state index is 0.147. The third-order valence-corrected chi connectivity index (χ3v) is 3.20. The number of Topliss-reactive ketones (excluding diaryl/α,β-unsaturated/α-hetero) is 1. The van der Waals surface area contributed by atoms with Crippen LogP contribution in [0, 0.1) is 6.92 Å². The Hall–Kier alpha value is -2.22. The average Bonchev–Trinajstić information content (AvgIpc) is 2.67. The second-order valence-corrected chi connectivity index (χ2v) is 4.62. The predicted octanol–water partition coefficient (Wildman–Crippen LogP) is 3.21. The molecule has 2 aromatic rings. The summed E-state index contributed by atoms with van der Waals surface area (Å²) in [5, 5.41) is 0. The van der Waals surface area contributed by atoms with Gasteiger partial charge in [-0.05, 0) is 30.2 Å². The number of aryl methyl sites for hydroxylation is 1. The largest absolute Gasteiger partial charge is 0.289 e. The lowest BCUT2D eigenvalue weighted by Crippen LogP contribution is -1.95. The van der Waals surface area contributed by atoms with Crippen LogP contribution in [-0.4, -0.2) is 10.8 Å². The van der Waals surface area contributed by atoms with Gasteiger partial charge in [-0.1, -0.05) is 29.8 Å². The molecule has 0 atom stereocenters. The fraction of sp³-hybridized carbons (Fsp3) is 0.125. The zero-order valence-electron chi connectivity index (χ0n) is 10.2. The molecule has 0 aliphatic heterocycles. The van der Waals surface area contributed by atoms with Crippen molar-refractivity contribution in [2.24, 2.45) is 0 Å². The van der Waals surface area contributed by atoms with Gasteiger partial charge in [-0.3, -0.25) is 9.78 Å². The number of aromatic nitrogens is 1. The van der Waals surface area contributed by atoms with Crippen molar-refractivity contribution in [3.63, 3.8) is 0 Å². The first-order valence-electron chi connectivity index (χ1n) is 5.99. The van der Waals surface area contributed by atoms with Crippen LogP contribution < -0.4 is 0 Å². The summed E-state index contributed by atoms with van der Waals surface area (Å²) in [5.41, 5.74) is 5.00. The normalized spacial score (nSPS) is 16.1. The molecular formula is C16H13NO. The summed E-state index contributed by atoms with van der Waals surface area (Å²) in [4.78, 5) is 16.3. The number of hydrogen-bond donors (Lipinski definition) is 0. The highest BCUT2D eigenvalue weighted by atomic mass is 16.1. The van der Waals surface area contributed by atoms with E-state index in [9.17, 15) is 4.79 Å². The van der Waals surface area contributed by atoms with E-state index >= 15 is 0 Å². The Labute approximate surface area is 106 Å². The monoisotopic (exact) mass is 235 g/mol. The number of ketones is 1. The topological polar surface area (TPSA) is 30.0 Å². The Morgan fingerprint density at radius 3 is 2.94 bits per heavy atom. The standard InChI is InChI=1S/C16H13NO/c1-11-4-5-15-13(7-11)9-14(16(15)18)8-12-3-2-6-17-10-12/h2-8,10H,9H2,1H3. The molecule has 1 aliphatic carbocycles. The average molecular weight is 235 g/mol. The lowest BCUT2D eigenvalue weighted by molar-refractivity contribution is 0.104. The summed E-state index contributed by atoms with van der Waals surface area (Å²) in [6.45, 7) is 2.05. The van der Waals surface area contributed by atoms with E-state index in [2.05, 4.69) is 11.1 Å². The van der Waals surface area contributed by atoms with Crippen LogP contribution in [0.1, 0.15) is 27.0 Å². The third-order valence-electron chi connectivity index (χ3n) is 3.20. The van der Waals surface area contributed by atoms with Crippen molar-refractivity contribution in [1.82, 2.24) is 4.98 Å². The zero-order valence-corrected chi connectivity index (χ0v) is 10.2. The molecule has 3 rings (SSSR count). The van der Waals surface area contributed by atoms with Gasteiger partial charge in [0.05, 0.1) is 0 Å². The summed E-state index contributed by atoms with van der Waals surface area (Å²) in [5.74, 6) is 0.147. The van der Waals surface area contributed by atoms with Crippen molar-refractivity contribution >= 4 is 11.9 Å². The second kappa shape index (κ2) is 4.22. The molecule has 0 N–H and O–H groups in total. The van der Waals surface area contributed by atoms with Crippen molar-refractivity contribution in [3.8, 4) is 0 Å². The quantitative estimate of drug-likeness (QED) is 0.710. The lowest BCUT2D eigenvalue weighted by atomic mass is 10.1. The van der Waals surface area contributed by atoms with Crippen molar-refractivity contribution in [3.05, 3.63) is 70.6 Å². The number of carbonyl (C=O) groups is 1. The van der Waals surface area contributed by atoms with E-state index in [1.165, 1.54) is 5.56 Å². The molecule has 1 aromatic heterocycles. The number of pyridine rings is 1. The zero-order chi connectivity index (χ0) is 12.5. The van der Waals surface area contributed by atoms with Gasteiger partial charge in [0.25, 0.3) is 0 Å². The molecule has 0 radical (unpaired) electrons. The minimum atomic E-state index is 0.147. The molecule has 18 heavy (non-hydrogen) atoms. The fourth-order valence-corrected chi connectivity index (χ4v) is 2.33. The van der Waals surface area contributed by atoms with Gasteiger partial charge in [0, 0.05) is 30.0 Å². The van der Waals surface area contributed by atoms with Crippen LogP contribution in [0.5, 0.6) is 0 Å². The van der Waals surface area contributed by atoms with Gasteiger partial charge < -0.3 is 0 Å². The number of fused-ring (bicyclic) bond motifs is 1. The van der Waals surface area contributed by atoms with E-state index < -0.39 is 0 Å². The maximum absolute atomic E-state index is 12.2. The molecule has 0 saturated heterocycles. The molecule has 1 heterocycles. The van der Waals surface area contributed by atoms with Crippen LogP contribution in [-0.2, 0) is 6.42 Å². The highest BCUT2D eigenvalue weighted by molar-refractivity contribution is 6.15. The molecule has 0 fully saturated rings. The van der Waals surface area contributed by atoms with Crippen molar-refractivity contribution in [2.45, 2.75) is 13.3 Å². The first-order chi connectivity index (χ1) is 8.74. The summed E-state index contributed by atoms with van der Waals surface area (Å²) < 4.78 is 0.